The number of unbranched alkanes of at least 4 members (excludes halogenated alkanes) is 1. The van der Waals surface area contributed by atoms with Gasteiger partial charge in [0.25, 0.3) is 0 Å². The van der Waals surface area contributed by atoms with E-state index in [1.807, 2.05) is 39.9 Å². The standard InChI is InChI=1S/C17H34N10/c1-7-18-14-20-13(3)23-17(25-14)27(6)11-9-8-10-19-15-21-12(2)22-16(24-15)26(4)5/h12-13H,7-11H2,1-6H3,(H2,18,20,23,25)(H2,19,21,22,24). The van der Waals surface area contributed by atoms with Gasteiger partial charge in [0, 0.05) is 40.8 Å². The molecule has 2 aliphatic heterocycles. The van der Waals surface area contributed by atoms with Crippen LogP contribution in [0.5, 0.6) is 0 Å². The first kappa shape index (κ1) is 20.8. The molecule has 0 saturated carbocycles. The third-order valence-electron chi connectivity index (χ3n) is 4.04. The van der Waals surface area contributed by atoms with Gasteiger partial charge in [0.15, 0.2) is 5.96 Å². The predicted molar refractivity (Wildman–Crippen MR) is 112 cm³/mol. The van der Waals surface area contributed by atoms with Gasteiger partial charge in [0.1, 0.15) is 12.3 Å². The van der Waals surface area contributed by atoms with Crippen LogP contribution in [0.4, 0.5) is 0 Å². The second kappa shape index (κ2) is 9.98. The molecule has 10 nitrogen and oxygen atoms in total. The number of nitrogens with one attached hydrogen (secondary N) is 4. The summed E-state index contributed by atoms with van der Waals surface area (Å²) in [7, 11) is 5.96. The average molecular weight is 379 g/mol. The molecular formula is C17H34N10. The number of aliphatic imine (C=N–C) groups is 4. The van der Waals surface area contributed by atoms with Gasteiger partial charge < -0.3 is 25.8 Å². The molecule has 0 fully saturated rings. The van der Waals surface area contributed by atoms with E-state index in [2.05, 4.69) is 53.1 Å². The fourth-order valence-corrected chi connectivity index (χ4v) is 2.67. The van der Waals surface area contributed by atoms with E-state index in [1.54, 1.807) is 0 Å². The molecule has 2 rings (SSSR count). The summed E-state index contributed by atoms with van der Waals surface area (Å²) in [6.45, 7) is 8.63. The largest absolute Gasteiger partial charge is 0.356 e. The number of hydrogen-bond acceptors (Lipinski definition) is 10. The lowest BCUT2D eigenvalue weighted by Crippen LogP contribution is -2.49. The highest BCUT2D eigenvalue weighted by atomic mass is 15.4. The van der Waals surface area contributed by atoms with E-state index in [-0.39, 0.29) is 12.3 Å². The summed E-state index contributed by atoms with van der Waals surface area (Å²) in [4.78, 5) is 22.1. The molecule has 2 unspecified atom stereocenters. The van der Waals surface area contributed by atoms with Crippen molar-refractivity contribution in [1.29, 1.82) is 0 Å². The van der Waals surface area contributed by atoms with Crippen LogP contribution < -0.4 is 21.3 Å². The number of nitrogens with zero attached hydrogens (tertiary/aromatic N) is 6. The molecule has 2 aliphatic rings. The van der Waals surface area contributed by atoms with Gasteiger partial charge in [-0.15, -0.1) is 0 Å². The molecular weight excluding hydrogens is 344 g/mol. The Morgan fingerprint density at radius 1 is 1.00 bits per heavy atom. The topological polar surface area (TPSA) is 104 Å². The zero-order chi connectivity index (χ0) is 19.8. The molecule has 4 N–H and O–H groups in total. The van der Waals surface area contributed by atoms with E-state index in [4.69, 9.17) is 0 Å². The van der Waals surface area contributed by atoms with E-state index in [1.165, 1.54) is 0 Å². The van der Waals surface area contributed by atoms with Crippen molar-refractivity contribution in [2.75, 3.05) is 40.8 Å². The van der Waals surface area contributed by atoms with E-state index >= 15 is 0 Å². The Morgan fingerprint density at radius 3 is 2.48 bits per heavy atom. The van der Waals surface area contributed by atoms with Gasteiger partial charge in [-0.2, -0.15) is 4.99 Å². The average Bonchev–Trinajstić information content (AvgIpc) is 2.60. The van der Waals surface area contributed by atoms with E-state index in [0.29, 0.717) is 0 Å². The van der Waals surface area contributed by atoms with Crippen molar-refractivity contribution < 1.29 is 0 Å². The predicted octanol–water partition coefficient (Wildman–Crippen LogP) is -0.218. The van der Waals surface area contributed by atoms with Crippen LogP contribution in [0.15, 0.2) is 20.0 Å². The molecule has 0 amide bonds. The van der Waals surface area contributed by atoms with Crippen molar-refractivity contribution in [2.24, 2.45) is 20.0 Å². The summed E-state index contributed by atoms with van der Waals surface area (Å²) >= 11 is 0. The molecule has 27 heavy (non-hydrogen) atoms. The normalized spacial score (nSPS) is 21.7. The molecule has 0 aromatic rings. The molecule has 0 spiro atoms. The van der Waals surface area contributed by atoms with Gasteiger partial charge in [0.05, 0.1) is 0 Å². The van der Waals surface area contributed by atoms with Crippen LogP contribution in [0.1, 0.15) is 33.6 Å². The van der Waals surface area contributed by atoms with Gasteiger partial charge >= 0.3 is 0 Å². The molecule has 152 valence electrons. The minimum Gasteiger partial charge on any atom is -0.356 e. The zero-order valence-electron chi connectivity index (χ0n) is 17.4. The molecule has 0 aromatic carbocycles. The molecule has 0 bridgehead atoms. The quantitative estimate of drug-likeness (QED) is 0.477. The Bertz CT molecular complexity index is 607. The third-order valence-corrected chi connectivity index (χ3v) is 4.04. The van der Waals surface area contributed by atoms with Crippen molar-refractivity contribution in [3.05, 3.63) is 0 Å². The first-order valence-corrected chi connectivity index (χ1v) is 9.61. The number of guanidine groups is 4. The smallest absolute Gasteiger partial charge is 0.225 e. The lowest BCUT2D eigenvalue weighted by atomic mass is 10.3. The first-order valence-electron chi connectivity index (χ1n) is 9.61. The maximum Gasteiger partial charge on any atom is 0.225 e. The van der Waals surface area contributed by atoms with E-state index < -0.39 is 0 Å². The summed E-state index contributed by atoms with van der Waals surface area (Å²) in [5.41, 5.74) is 0. The maximum absolute atomic E-state index is 4.56. The Labute approximate surface area is 162 Å². The van der Waals surface area contributed by atoms with Crippen LogP contribution in [0.2, 0.25) is 0 Å². The summed E-state index contributed by atoms with van der Waals surface area (Å²) in [6, 6.07) is 0. The van der Waals surface area contributed by atoms with E-state index in [0.717, 1.165) is 56.3 Å². The lowest BCUT2D eigenvalue weighted by Gasteiger charge is -2.26. The monoisotopic (exact) mass is 378 g/mol. The summed E-state index contributed by atoms with van der Waals surface area (Å²) in [6.07, 6.45) is 2.02. The first-order chi connectivity index (χ1) is 12.9. The van der Waals surface area contributed by atoms with Crippen molar-refractivity contribution in [3.63, 3.8) is 0 Å². The molecule has 10 heteroatoms. The van der Waals surface area contributed by atoms with Crippen LogP contribution in [0.3, 0.4) is 0 Å². The van der Waals surface area contributed by atoms with Crippen LogP contribution >= 0.6 is 0 Å². The zero-order valence-corrected chi connectivity index (χ0v) is 17.4. The second-order valence-corrected chi connectivity index (χ2v) is 6.88. The molecule has 0 aliphatic carbocycles. The summed E-state index contributed by atoms with van der Waals surface area (Å²) in [5.74, 6) is 3.17. The van der Waals surface area contributed by atoms with Crippen LogP contribution in [0, 0.1) is 0 Å². The molecule has 2 atom stereocenters. The van der Waals surface area contributed by atoms with Crippen molar-refractivity contribution in [1.82, 2.24) is 31.1 Å². The summed E-state index contributed by atoms with van der Waals surface area (Å²) < 4.78 is 0. The van der Waals surface area contributed by atoms with Crippen molar-refractivity contribution in [2.45, 2.75) is 45.9 Å². The highest BCUT2D eigenvalue weighted by Gasteiger charge is 2.16. The highest BCUT2D eigenvalue weighted by molar-refractivity contribution is 5.99. The molecule has 0 radical (unpaired) electrons. The van der Waals surface area contributed by atoms with E-state index in [9.17, 15) is 0 Å². The van der Waals surface area contributed by atoms with Gasteiger partial charge in [-0.1, -0.05) is 0 Å². The van der Waals surface area contributed by atoms with Crippen LogP contribution in [-0.4, -0.2) is 86.7 Å². The van der Waals surface area contributed by atoms with Crippen molar-refractivity contribution in [3.8, 4) is 0 Å². The third kappa shape index (κ3) is 6.61. The molecule has 2 heterocycles. The van der Waals surface area contributed by atoms with Crippen LogP contribution in [-0.2, 0) is 0 Å². The SMILES string of the molecule is CCNC1=NC(N(C)CCCCNC2=NC(C)N=C(N(C)C)N2)=NC(C)N1. The number of hydrogen-bond donors (Lipinski definition) is 4. The fourth-order valence-electron chi connectivity index (χ4n) is 2.67. The summed E-state index contributed by atoms with van der Waals surface area (Å²) in [5, 5.41) is 13.0. The lowest BCUT2D eigenvalue weighted by molar-refractivity contribution is 0.462. The minimum absolute atomic E-state index is 0.0283. The van der Waals surface area contributed by atoms with Gasteiger partial charge in [0.2, 0.25) is 17.9 Å². The second-order valence-electron chi connectivity index (χ2n) is 6.88. The maximum atomic E-state index is 4.56. The van der Waals surface area contributed by atoms with Gasteiger partial charge in [-0.3, -0.25) is 5.32 Å². The van der Waals surface area contributed by atoms with Gasteiger partial charge in [-0.25, -0.2) is 15.0 Å². The number of rotatable bonds is 6. The van der Waals surface area contributed by atoms with Crippen molar-refractivity contribution >= 4 is 23.8 Å². The Hall–Kier alpha value is -2.52. The molecule has 0 aromatic heterocycles. The Balaban J connectivity index is 1.71. The highest BCUT2D eigenvalue weighted by Crippen LogP contribution is 2.03. The van der Waals surface area contributed by atoms with Crippen LogP contribution in [0.25, 0.3) is 0 Å². The van der Waals surface area contributed by atoms with Gasteiger partial charge in [-0.05, 0) is 33.6 Å². The molecule has 0 saturated heterocycles. The Kier molecular flexibility index (Phi) is 7.68. The minimum atomic E-state index is -0.0685. The Morgan fingerprint density at radius 2 is 1.78 bits per heavy atom. The fraction of sp³-hybridized carbons (Fsp3) is 0.765.